The molecule has 0 aliphatic heterocycles. The number of alkyl halides is 1. The van der Waals surface area contributed by atoms with E-state index in [1.54, 1.807) is 0 Å². The Bertz CT molecular complexity index is 1080. The van der Waals surface area contributed by atoms with Gasteiger partial charge in [0.15, 0.2) is 0 Å². The van der Waals surface area contributed by atoms with E-state index in [2.05, 4.69) is 74.3 Å². The summed E-state index contributed by atoms with van der Waals surface area (Å²) in [5.74, 6) is 0. The number of benzene rings is 3. The summed E-state index contributed by atoms with van der Waals surface area (Å²) in [5.41, 5.74) is 2.11. The molecule has 1 atom stereocenters. The molecule has 1 nitrogen and oxygen atoms in total. The Morgan fingerprint density at radius 1 is 0.958 bits per heavy atom. The number of halogens is 2. The zero-order valence-electron chi connectivity index (χ0n) is 12.8. The van der Waals surface area contributed by atoms with Gasteiger partial charge in [0.05, 0.1) is 0 Å². The van der Waals surface area contributed by atoms with Crippen LogP contribution in [0.5, 0.6) is 0 Å². The zero-order chi connectivity index (χ0) is 16.7. The van der Waals surface area contributed by atoms with Crippen molar-refractivity contribution in [1.82, 2.24) is 0 Å². The number of carbonyl (C=O) groups is 1. The Balaban J connectivity index is 2.25. The molecule has 24 heavy (non-hydrogen) atoms. The van der Waals surface area contributed by atoms with Crippen molar-refractivity contribution in [3.8, 4) is 0 Å². The van der Waals surface area contributed by atoms with Crippen LogP contribution < -0.4 is 10.4 Å². The molecule has 0 aromatic heterocycles. The van der Waals surface area contributed by atoms with Crippen LogP contribution in [-0.4, -0.2) is 10.6 Å². The summed E-state index contributed by atoms with van der Waals surface area (Å²) >= 11 is 7.45. The van der Waals surface area contributed by atoms with Gasteiger partial charge >= 0.3 is 0 Å². The van der Waals surface area contributed by atoms with Crippen molar-refractivity contribution in [3.63, 3.8) is 0 Å². The lowest BCUT2D eigenvalue weighted by Crippen LogP contribution is -2.40. The lowest BCUT2D eigenvalue weighted by atomic mass is 9.83. The van der Waals surface area contributed by atoms with Gasteiger partial charge in [0.25, 0.3) is 0 Å². The molecule has 0 N–H and O–H groups in total. The summed E-state index contributed by atoms with van der Waals surface area (Å²) in [6.45, 7) is 0. The molecule has 3 aromatic rings. The first-order chi connectivity index (χ1) is 11.6. The maximum Gasteiger partial charge on any atom is 0.141 e. The fourth-order valence-corrected chi connectivity index (χ4v) is 4.55. The molecule has 0 heterocycles. The SMILES string of the molecule is O=CC1(Br)CC=c2ccccc2=C1c1c(Br)ccc2ccccc12. The molecular formula is C21H14Br2O. The minimum Gasteiger partial charge on any atom is -0.301 e. The number of rotatable bonds is 2. The standard InChI is InChI=1S/C21H14Br2O/c22-18-10-9-14-5-1-3-7-16(14)19(18)20-17-8-4-2-6-15(17)11-12-21(20,23)13-24/h1-11,13H,12H2. The van der Waals surface area contributed by atoms with Crippen LogP contribution in [0.4, 0.5) is 0 Å². The van der Waals surface area contributed by atoms with E-state index in [1.165, 1.54) is 5.22 Å². The minimum absolute atomic E-state index is 0.637. The smallest absolute Gasteiger partial charge is 0.141 e. The van der Waals surface area contributed by atoms with E-state index in [9.17, 15) is 4.79 Å². The highest BCUT2D eigenvalue weighted by Gasteiger charge is 2.35. The molecule has 1 aliphatic carbocycles. The maximum absolute atomic E-state index is 12.0. The molecule has 3 aromatic carbocycles. The Morgan fingerprint density at radius 2 is 1.71 bits per heavy atom. The zero-order valence-corrected chi connectivity index (χ0v) is 16.0. The van der Waals surface area contributed by atoms with Crippen molar-refractivity contribution >= 4 is 60.6 Å². The first kappa shape index (κ1) is 15.8. The molecule has 4 rings (SSSR count). The van der Waals surface area contributed by atoms with Crippen LogP contribution in [0, 0.1) is 0 Å². The van der Waals surface area contributed by atoms with E-state index in [0.29, 0.717) is 6.42 Å². The van der Waals surface area contributed by atoms with Gasteiger partial charge in [0.2, 0.25) is 0 Å². The summed E-state index contributed by atoms with van der Waals surface area (Å²) in [5, 5.41) is 4.58. The van der Waals surface area contributed by atoms with Crippen LogP contribution in [0.2, 0.25) is 0 Å². The predicted octanol–water partition coefficient (Wildman–Crippen LogP) is 4.32. The molecule has 0 fully saturated rings. The molecule has 1 unspecified atom stereocenters. The first-order valence-corrected chi connectivity index (χ1v) is 9.35. The summed E-state index contributed by atoms with van der Waals surface area (Å²) in [6, 6.07) is 20.7. The molecule has 118 valence electrons. The van der Waals surface area contributed by atoms with Gasteiger partial charge in [-0.05, 0) is 39.3 Å². The molecule has 0 spiro atoms. The number of carbonyl (C=O) groups excluding carboxylic acids is 1. The average molecular weight is 442 g/mol. The topological polar surface area (TPSA) is 17.1 Å². The highest BCUT2D eigenvalue weighted by atomic mass is 79.9. The van der Waals surface area contributed by atoms with Gasteiger partial charge in [0, 0.05) is 10.0 Å². The van der Waals surface area contributed by atoms with Crippen molar-refractivity contribution in [2.75, 3.05) is 0 Å². The van der Waals surface area contributed by atoms with Gasteiger partial charge in [-0.25, -0.2) is 0 Å². The second kappa shape index (κ2) is 5.98. The third kappa shape index (κ3) is 2.38. The lowest BCUT2D eigenvalue weighted by molar-refractivity contribution is -0.108. The molecule has 3 heteroatoms. The van der Waals surface area contributed by atoms with E-state index in [4.69, 9.17) is 0 Å². The van der Waals surface area contributed by atoms with Crippen LogP contribution in [-0.2, 0) is 4.79 Å². The molecule has 0 radical (unpaired) electrons. The third-order valence-corrected chi connectivity index (χ3v) is 6.15. The summed E-state index contributed by atoms with van der Waals surface area (Å²) in [4.78, 5) is 12.0. The summed E-state index contributed by atoms with van der Waals surface area (Å²) in [6.07, 6.45) is 3.78. The molecule has 0 saturated heterocycles. The van der Waals surface area contributed by atoms with E-state index in [1.807, 2.05) is 24.3 Å². The third-order valence-electron chi connectivity index (χ3n) is 4.58. The van der Waals surface area contributed by atoms with Crippen molar-refractivity contribution < 1.29 is 4.79 Å². The van der Waals surface area contributed by atoms with Crippen LogP contribution in [0.1, 0.15) is 12.0 Å². The number of hydrogen-bond acceptors (Lipinski definition) is 1. The summed E-state index contributed by atoms with van der Waals surface area (Å²) < 4.78 is 0.284. The van der Waals surface area contributed by atoms with Crippen molar-refractivity contribution in [1.29, 1.82) is 0 Å². The molecule has 0 bridgehead atoms. The number of hydrogen-bond donors (Lipinski definition) is 0. The van der Waals surface area contributed by atoms with Gasteiger partial charge in [-0.3, -0.25) is 0 Å². The minimum atomic E-state index is -0.714. The largest absolute Gasteiger partial charge is 0.301 e. The average Bonchev–Trinajstić information content (AvgIpc) is 2.63. The normalized spacial score (nSPS) is 19.7. The van der Waals surface area contributed by atoms with Gasteiger partial charge in [-0.15, -0.1) is 0 Å². The molecule has 0 saturated carbocycles. The van der Waals surface area contributed by atoms with Crippen molar-refractivity contribution in [2.24, 2.45) is 0 Å². The van der Waals surface area contributed by atoms with Crippen LogP contribution in [0.15, 0.2) is 65.1 Å². The van der Waals surface area contributed by atoms with Gasteiger partial charge in [-0.2, -0.15) is 0 Å². The molecule has 1 aliphatic rings. The predicted molar refractivity (Wildman–Crippen MR) is 107 cm³/mol. The highest BCUT2D eigenvalue weighted by molar-refractivity contribution is 9.11. The fraction of sp³-hybridized carbons (Fsp3) is 0.0952. The van der Waals surface area contributed by atoms with Crippen molar-refractivity contribution in [3.05, 3.63) is 81.1 Å². The van der Waals surface area contributed by atoms with Crippen molar-refractivity contribution in [2.45, 2.75) is 10.7 Å². The Labute approximate surface area is 157 Å². The summed E-state index contributed by atoms with van der Waals surface area (Å²) in [7, 11) is 0. The van der Waals surface area contributed by atoms with Crippen LogP contribution in [0.3, 0.4) is 0 Å². The monoisotopic (exact) mass is 440 g/mol. The first-order valence-electron chi connectivity index (χ1n) is 7.77. The van der Waals surface area contributed by atoms with Gasteiger partial charge in [-0.1, -0.05) is 92.5 Å². The number of fused-ring (bicyclic) bond motifs is 2. The lowest BCUT2D eigenvalue weighted by Gasteiger charge is -2.28. The molecular weight excluding hydrogens is 428 g/mol. The molecule has 0 amide bonds. The van der Waals surface area contributed by atoms with Crippen LogP contribution >= 0.6 is 31.9 Å². The second-order valence-electron chi connectivity index (χ2n) is 5.99. The number of aldehydes is 1. The quantitative estimate of drug-likeness (QED) is 0.427. The Kier molecular flexibility index (Phi) is 3.93. The maximum atomic E-state index is 12.0. The van der Waals surface area contributed by atoms with Crippen LogP contribution in [0.25, 0.3) is 22.4 Å². The Morgan fingerprint density at radius 3 is 2.54 bits per heavy atom. The Hall–Kier alpha value is -1.71. The van der Waals surface area contributed by atoms with Gasteiger partial charge in [0.1, 0.15) is 10.6 Å². The van der Waals surface area contributed by atoms with E-state index in [-0.39, 0.29) is 0 Å². The second-order valence-corrected chi connectivity index (χ2v) is 8.26. The van der Waals surface area contributed by atoms with E-state index >= 15 is 0 Å². The van der Waals surface area contributed by atoms with E-state index in [0.717, 1.165) is 37.9 Å². The van der Waals surface area contributed by atoms with E-state index < -0.39 is 4.32 Å². The fourth-order valence-electron chi connectivity index (χ4n) is 3.44. The van der Waals surface area contributed by atoms with Gasteiger partial charge < -0.3 is 4.79 Å². The highest BCUT2D eigenvalue weighted by Crippen LogP contribution is 2.41.